The topological polar surface area (TPSA) is 37.4 Å². The maximum atomic E-state index is 6.60. The molecule has 0 bridgehead atoms. The Morgan fingerprint density at radius 1 is 0.696 bits per heavy atom. The van der Waals surface area contributed by atoms with E-state index in [2.05, 4.69) is 107 Å². The number of pyridine rings is 1. The van der Waals surface area contributed by atoms with Gasteiger partial charge in [-0.1, -0.05) is 66.2 Å². The predicted molar refractivity (Wildman–Crippen MR) is 185 cm³/mol. The monoisotopic (exact) mass is 772 g/mol. The summed E-state index contributed by atoms with van der Waals surface area (Å²) in [5.41, 5.74) is 7.96. The molecule has 9 rings (SSSR count). The van der Waals surface area contributed by atoms with E-state index in [1.54, 1.807) is 0 Å². The Balaban J connectivity index is 0.00000312. The van der Waals surface area contributed by atoms with Crippen LogP contribution in [-0.4, -0.2) is 28.2 Å². The second kappa shape index (κ2) is 11.4. The van der Waals surface area contributed by atoms with E-state index < -0.39 is 0 Å². The van der Waals surface area contributed by atoms with Crippen LogP contribution in [0.15, 0.2) is 138 Å². The van der Waals surface area contributed by atoms with Gasteiger partial charge in [0.05, 0.1) is 0 Å². The molecular formula is C39H26BN4OPt-3. The fourth-order valence-corrected chi connectivity index (χ4v) is 6.69. The van der Waals surface area contributed by atoms with E-state index in [1.165, 1.54) is 5.39 Å². The molecule has 0 saturated heterocycles. The summed E-state index contributed by atoms with van der Waals surface area (Å²) in [6.45, 7) is 1.85. The average Bonchev–Trinajstić information content (AvgIpc) is 3.79. The SMILES string of the molecule is CN1C=CN(c2[c-]c(B(c3[c-]c4c(cc3)c3ccccc3n4-c3ccccn3)c3cccc4c3oc3ccccc34)ccc2)[CH-]1.[Pt]. The molecule has 0 spiro atoms. The Kier molecular flexibility index (Phi) is 7.03. The first kappa shape index (κ1) is 28.4. The molecule has 0 aliphatic carbocycles. The van der Waals surface area contributed by atoms with Crippen molar-refractivity contribution in [3.05, 3.63) is 153 Å². The molecule has 8 aromatic rings. The minimum Gasteiger partial charge on any atom is -0.510 e. The van der Waals surface area contributed by atoms with Crippen LogP contribution in [0, 0.1) is 18.8 Å². The second-order valence-corrected chi connectivity index (χ2v) is 11.4. The smallest absolute Gasteiger partial charge is 0.196 e. The Bertz CT molecular complexity index is 2410. The quantitative estimate of drug-likeness (QED) is 0.147. The van der Waals surface area contributed by atoms with Crippen LogP contribution in [0.5, 0.6) is 0 Å². The van der Waals surface area contributed by atoms with Crippen molar-refractivity contribution in [1.29, 1.82) is 0 Å². The van der Waals surface area contributed by atoms with Crippen molar-refractivity contribution >= 4 is 72.5 Å². The number of nitrogens with zero attached hydrogens (tertiary/aromatic N) is 4. The van der Waals surface area contributed by atoms with Gasteiger partial charge in [-0.05, 0) is 54.6 Å². The first-order valence-electron chi connectivity index (χ1n) is 15.1. The van der Waals surface area contributed by atoms with Gasteiger partial charge in [-0.25, -0.2) is 4.98 Å². The predicted octanol–water partition coefficient (Wildman–Crippen LogP) is 6.53. The van der Waals surface area contributed by atoms with Crippen molar-refractivity contribution in [2.75, 3.05) is 11.9 Å². The van der Waals surface area contributed by atoms with Gasteiger partial charge in [0, 0.05) is 43.6 Å². The zero-order valence-corrected chi connectivity index (χ0v) is 27.1. The summed E-state index contributed by atoms with van der Waals surface area (Å²) in [7, 11) is 2.02. The van der Waals surface area contributed by atoms with Crippen molar-refractivity contribution in [3.63, 3.8) is 0 Å². The molecule has 0 N–H and O–H groups in total. The van der Waals surface area contributed by atoms with E-state index in [0.717, 1.165) is 66.3 Å². The number of anilines is 1. The normalized spacial score (nSPS) is 12.9. The van der Waals surface area contributed by atoms with Gasteiger partial charge in [0.15, 0.2) is 6.71 Å². The molecule has 5 nitrogen and oxygen atoms in total. The summed E-state index contributed by atoms with van der Waals surface area (Å²) >= 11 is 0. The van der Waals surface area contributed by atoms with Crippen LogP contribution in [0.25, 0.3) is 49.6 Å². The van der Waals surface area contributed by atoms with E-state index in [1.807, 2.05) is 67.5 Å². The summed E-state index contributed by atoms with van der Waals surface area (Å²) in [4.78, 5) is 8.87. The maximum absolute atomic E-state index is 6.60. The summed E-state index contributed by atoms with van der Waals surface area (Å²) in [6.07, 6.45) is 5.92. The van der Waals surface area contributed by atoms with Crippen molar-refractivity contribution in [3.8, 4) is 5.82 Å². The summed E-state index contributed by atoms with van der Waals surface area (Å²) in [5.74, 6) is 0.863. The van der Waals surface area contributed by atoms with Crippen LogP contribution in [0.4, 0.5) is 5.69 Å². The molecule has 0 saturated carbocycles. The molecule has 0 atom stereocenters. The molecule has 0 fully saturated rings. The molecule has 0 unspecified atom stereocenters. The first-order valence-corrected chi connectivity index (χ1v) is 15.1. The largest absolute Gasteiger partial charge is 0.510 e. The number of fused-ring (bicyclic) bond motifs is 6. The van der Waals surface area contributed by atoms with Crippen LogP contribution < -0.4 is 21.3 Å². The third-order valence-corrected chi connectivity index (χ3v) is 8.70. The van der Waals surface area contributed by atoms with E-state index in [0.29, 0.717) is 0 Å². The summed E-state index contributed by atoms with van der Waals surface area (Å²) < 4.78 is 8.82. The summed E-state index contributed by atoms with van der Waals surface area (Å²) in [6, 6.07) is 47.7. The van der Waals surface area contributed by atoms with Crippen molar-refractivity contribution < 1.29 is 25.5 Å². The van der Waals surface area contributed by atoms with Crippen LogP contribution >= 0.6 is 0 Å². The van der Waals surface area contributed by atoms with Gasteiger partial charge in [0.2, 0.25) is 0 Å². The zero-order valence-electron chi connectivity index (χ0n) is 24.9. The molecule has 0 radical (unpaired) electrons. The molecule has 7 heteroatoms. The van der Waals surface area contributed by atoms with Gasteiger partial charge in [-0.15, -0.1) is 11.1 Å². The number of hydrogen-bond donors (Lipinski definition) is 0. The van der Waals surface area contributed by atoms with Gasteiger partial charge in [-0.2, -0.15) is 60.1 Å². The molecule has 3 aromatic heterocycles. The van der Waals surface area contributed by atoms with Crippen LogP contribution in [0.3, 0.4) is 0 Å². The first-order chi connectivity index (χ1) is 22.2. The van der Waals surface area contributed by atoms with Crippen LogP contribution in [-0.2, 0) is 21.1 Å². The third-order valence-electron chi connectivity index (χ3n) is 8.70. The van der Waals surface area contributed by atoms with Crippen LogP contribution in [0.1, 0.15) is 0 Å². The van der Waals surface area contributed by atoms with Gasteiger partial charge >= 0.3 is 0 Å². The molecule has 224 valence electrons. The van der Waals surface area contributed by atoms with E-state index >= 15 is 0 Å². The second-order valence-electron chi connectivity index (χ2n) is 11.4. The van der Waals surface area contributed by atoms with Gasteiger partial charge in [0.25, 0.3) is 0 Å². The van der Waals surface area contributed by atoms with E-state index in [9.17, 15) is 0 Å². The molecule has 4 heterocycles. The van der Waals surface area contributed by atoms with Crippen LogP contribution in [0.2, 0.25) is 0 Å². The zero-order chi connectivity index (χ0) is 29.9. The average molecular weight is 773 g/mol. The van der Waals surface area contributed by atoms with Crippen molar-refractivity contribution in [1.82, 2.24) is 14.5 Å². The molecular weight excluding hydrogens is 746 g/mol. The van der Waals surface area contributed by atoms with Gasteiger partial charge < -0.3 is 18.8 Å². The fourth-order valence-electron chi connectivity index (χ4n) is 6.69. The number of benzene rings is 5. The minimum absolute atomic E-state index is 0. The van der Waals surface area contributed by atoms with Crippen molar-refractivity contribution in [2.45, 2.75) is 0 Å². The Hall–Kier alpha value is -5.06. The van der Waals surface area contributed by atoms with Crippen molar-refractivity contribution in [2.24, 2.45) is 0 Å². The number of aromatic nitrogens is 2. The number of para-hydroxylation sites is 3. The fraction of sp³-hybridized carbons (Fsp3) is 0.0256. The number of hydrogen-bond acceptors (Lipinski definition) is 4. The van der Waals surface area contributed by atoms with E-state index in [4.69, 9.17) is 9.40 Å². The standard InChI is InChI=1S/C39H26BN4O.Pt/c1-42-22-23-43(26-42)29-11-8-10-27(24-29)40(34-15-9-14-33-32-13-3-5-17-37(32)45-39(33)34)28-19-20-31-30-12-2-4-16-35(30)44(36(31)25-28)38-18-6-7-21-41-38;/h2-23,26H,1H3;/q-3;. The minimum atomic E-state index is -0.196. The molecule has 1 aliphatic heterocycles. The Morgan fingerprint density at radius 3 is 2.33 bits per heavy atom. The molecule has 0 amide bonds. The molecule has 1 aliphatic rings. The van der Waals surface area contributed by atoms with Gasteiger partial charge in [-0.3, -0.25) is 0 Å². The van der Waals surface area contributed by atoms with Gasteiger partial charge in [0.1, 0.15) is 17.0 Å². The Labute approximate surface area is 281 Å². The summed E-state index contributed by atoms with van der Waals surface area (Å²) in [5, 5.41) is 4.52. The number of rotatable bonds is 5. The number of furan rings is 1. The molecule has 46 heavy (non-hydrogen) atoms. The Morgan fingerprint density at radius 2 is 1.48 bits per heavy atom. The van der Waals surface area contributed by atoms with E-state index in [-0.39, 0.29) is 27.8 Å². The third kappa shape index (κ3) is 4.56. The molecule has 5 aromatic carbocycles. The maximum Gasteiger partial charge on any atom is 0.196 e.